The zero-order chi connectivity index (χ0) is 14.4. The highest BCUT2D eigenvalue weighted by atomic mass is 35.5. The van der Waals surface area contributed by atoms with Gasteiger partial charge >= 0.3 is 0 Å². The van der Waals surface area contributed by atoms with Crippen molar-refractivity contribution in [2.24, 2.45) is 0 Å². The van der Waals surface area contributed by atoms with Crippen molar-refractivity contribution >= 4 is 23.4 Å². The molecule has 2 rings (SSSR count). The van der Waals surface area contributed by atoms with Gasteiger partial charge in [-0.1, -0.05) is 29.5 Å². The fraction of sp³-hybridized carbons (Fsp3) is 0.133. The molecule has 1 aromatic heterocycles. The van der Waals surface area contributed by atoms with E-state index in [1.54, 1.807) is 30.5 Å². The summed E-state index contributed by atoms with van der Waals surface area (Å²) in [7, 11) is 0. The van der Waals surface area contributed by atoms with Crippen molar-refractivity contribution < 1.29 is 9.50 Å². The van der Waals surface area contributed by atoms with E-state index in [1.807, 2.05) is 0 Å². The van der Waals surface area contributed by atoms with Crippen LogP contribution >= 0.6 is 23.4 Å². The van der Waals surface area contributed by atoms with Crippen molar-refractivity contribution in [1.29, 1.82) is 0 Å². The summed E-state index contributed by atoms with van der Waals surface area (Å²) in [5.74, 6) is 5.25. The summed E-state index contributed by atoms with van der Waals surface area (Å²) in [5, 5.41) is 9.98. The summed E-state index contributed by atoms with van der Waals surface area (Å²) >= 11 is 7.50. The third-order valence-corrected chi connectivity index (χ3v) is 3.93. The molecule has 1 heterocycles. The first kappa shape index (κ1) is 14.9. The molecule has 20 heavy (non-hydrogen) atoms. The molecular formula is C15H11ClFNOS. The first-order valence-corrected chi connectivity index (χ1v) is 7.18. The van der Waals surface area contributed by atoms with Crippen molar-refractivity contribution in [1.82, 2.24) is 4.98 Å². The number of aliphatic hydroxyl groups is 1. The minimum absolute atomic E-state index is 0.282. The van der Waals surface area contributed by atoms with Crippen LogP contribution in [0.5, 0.6) is 0 Å². The first-order valence-electron chi connectivity index (χ1n) is 5.82. The highest BCUT2D eigenvalue weighted by Crippen LogP contribution is 2.27. The van der Waals surface area contributed by atoms with Crippen LogP contribution in [0, 0.1) is 17.7 Å². The van der Waals surface area contributed by atoms with Gasteiger partial charge in [-0.3, -0.25) is 0 Å². The van der Waals surface area contributed by atoms with Crippen LogP contribution in [0.1, 0.15) is 11.1 Å². The number of halogens is 2. The lowest BCUT2D eigenvalue weighted by atomic mass is 10.1. The molecule has 2 nitrogen and oxygen atoms in total. The molecule has 5 heteroatoms. The van der Waals surface area contributed by atoms with Gasteiger partial charge in [0.25, 0.3) is 0 Å². The van der Waals surface area contributed by atoms with Crippen LogP contribution in [0.25, 0.3) is 0 Å². The summed E-state index contributed by atoms with van der Waals surface area (Å²) in [6.07, 6.45) is 1.68. The Morgan fingerprint density at radius 3 is 2.95 bits per heavy atom. The number of nitrogens with zero attached hydrogens (tertiary/aromatic N) is 1. The van der Waals surface area contributed by atoms with E-state index in [1.165, 1.54) is 17.8 Å². The van der Waals surface area contributed by atoms with E-state index in [0.717, 1.165) is 10.6 Å². The van der Waals surface area contributed by atoms with Crippen molar-refractivity contribution in [3.63, 3.8) is 0 Å². The van der Waals surface area contributed by atoms with E-state index in [9.17, 15) is 4.39 Å². The van der Waals surface area contributed by atoms with Gasteiger partial charge in [0.15, 0.2) is 0 Å². The second-order valence-electron chi connectivity index (χ2n) is 3.85. The van der Waals surface area contributed by atoms with E-state index in [0.29, 0.717) is 10.8 Å². The predicted octanol–water partition coefficient (Wildman–Crippen LogP) is 3.51. The normalized spacial score (nSPS) is 9.95. The molecule has 0 atom stereocenters. The molecule has 1 N–H and O–H groups in total. The Morgan fingerprint density at radius 2 is 2.20 bits per heavy atom. The lowest BCUT2D eigenvalue weighted by Gasteiger charge is -2.04. The average Bonchev–Trinajstić information content (AvgIpc) is 2.46. The number of hydrogen-bond donors (Lipinski definition) is 1. The third kappa shape index (κ3) is 3.97. The number of pyridine rings is 1. The van der Waals surface area contributed by atoms with Crippen molar-refractivity contribution in [2.75, 3.05) is 6.61 Å². The molecule has 0 saturated heterocycles. The number of aromatic nitrogens is 1. The van der Waals surface area contributed by atoms with Gasteiger partial charge in [0.2, 0.25) is 0 Å². The van der Waals surface area contributed by atoms with E-state index < -0.39 is 5.82 Å². The summed E-state index contributed by atoms with van der Waals surface area (Å²) in [6.45, 7) is -0.290. The standard InChI is InChI=1S/C15H11ClFNOS/c16-13-4-1-7-18-15(13)20-10-11-5-6-14(17)12(9-11)3-2-8-19/h1,4-7,9,19H,8,10H2. The van der Waals surface area contributed by atoms with Gasteiger partial charge in [-0.05, 0) is 29.8 Å². The third-order valence-electron chi connectivity index (χ3n) is 2.43. The molecule has 0 bridgehead atoms. The first-order chi connectivity index (χ1) is 9.70. The molecule has 0 amide bonds. The summed E-state index contributed by atoms with van der Waals surface area (Å²) in [4.78, 5) is 4.18. The van der Waals surface area contributed by atoms with Gasteiger partial charge in [0.1, 0.15) is 17.5 Å². The smallest absolute Gasteiger partial charge is 0.138 e. The average molecular weight is 308 g/mol. The Balaban J connectivity index is 2.12. The lowest BCUT2D eigenvalue weighted by Crippen LogP contribution is -1.89. The molecule has 102 valence electrons. The van der Waals surface area contributed by atoms with Crippen LogP contribution in [0.4, 0.5) is 4.39 Å². The predicted molar refractivity (Wildman–Crippen MR) is 79.2 cm³/mol. The summed E-state index contributed by atoms with van der Waals surface area (Å²) in [5.41, 5.74) is 1.20. The SMILES string of the molecule is OCC#Cc1cc(CSc2ncccc2Cl)ccc1F. The quantitative estimate of drug-likeness (QED) is 0.696. The van der Waals surface area contributed by atoms with Crippen molar-refractivity contribution in [3.05, 3.63) is 58.5 Å². The van der Waals surface area contributed by atoms with Crippen molar-refractivity contribution in [2.45, 2.75) is 10.8 Å². The highest BCUT2D eigenvalue weighted by molar-refractivity contribution is 7.98. The van der Waals surface area contributed by atoms with E-state index in [4.69, 9.17) is 16.7 Å². The van der Waals surface area contributed by atoms with Gasteiger partial charge in [0.05, 0.1) is 10.6 Å². The molecule has 0 fully saturated rings. The maximum atomic E-state index is 13.5. The molecule has 0 aliphatic rings. The maximum Gasteiger partial charge on any atom is 0.138 e. The van der Waals surface area contributed by atoms with Crippen LogP contribution in [-0.4, -0.2) is 16.7 Å². The van der Waals surface area contributed by atoms with Gasteiger partial charge in [0, 0.05) is 11.9 Å². The molecule has 0 aliphatic carbocycles. The largest absolute Gasteiger partial charge is 0.384 e. The molecule has 0 radical (unpaired) electrons. The second kappa shape index (κ2) is 7.30. The molecule has 0 unspecified atom stereocenters. The summed E-state index contributed by atoms with van der Waals surface area (Å²) in [6, 6.07) is 8.29. The Hall–Kier alpha value is -1.54. The zero-order valence-electron chi connectivity index (χ0n) is 10.4. The van der Waals surface area contributed by atoms with E-state index in [-0.39, 0.29) is 12.2 Å². The molecule has 0 aliphatic heterocycles. The van der Waals surface area contributed by atoms with Crippen molar-refractivity contribution in [3.8, 4) is 11.8 Å². The molecule has 2 aromatic rings. The monoisotopic (exact) mass is 307 g/mol. The molecule has 0 spiro atoms. The summed E-state index contributed by atoms with van der Waals surface area (Å²) < 4.78 is 13.5. The number of thioether (sulfide) groups is 1. The number of rotatable bonds is 3. The Morgan fingerprint density at radius 1 is 1.35 bits per heavy atom. The van der Waals surface area contributed by atoms with Gasteiger partial charge < -0.3 is 5.11 Å². The highest BCUT2D eigenvalue weighted by Gasteiger charge is 2.05. The Kier molecular flexibility index (Phi) is 5.42. The fourth-order valence-corrected chi connectivity index (χ4v) is 2.63. The zero-order valence-corrected chi connectivity index (χ0v) is 12.0. The van der Waals surface area contributed by atoms with Crippen LogP contribution in [0.2, 0.25) is 5.02 Å². The number of aliphatic hydroxyl groups excluding tert-OH is 1. The van der Waals surface area contributed by atoms with Crippen LogP contribution in [0.3, 0.4) is 0 Å². The van der Waals surface area contributed by atoms with E-state index >= 15 is 0 Å². The van der Waals surface area contributed by atoms with Crippen LogP contribution in [0.15, 0.2) is 41.6 Å². The minimum Gasteiger partial charge on any atom is -0.384 e. The lowest BCUT2D eigenvalue weighted by molar-refractivity contribution is 0.350. The molecule has 0 saturated carbocycles. The Labute approximate surface area is 126 Å². The topological polar surface area (TPSA) is 33.1 Å². The fourth-order valence-electron chi connectivity index (χ4n) is 1.52. The molecule has 1 aromatic carbocycles. The maximum absolute atomic E-state index is 13.5. The van der Waals surface area contributed by atoms with Gasteiger partial charge in [-0.2, -0.15) is 0 Å². The van der Waals surface area contributed by atoms with Gasteiger partial charge in [-0.15, -0.1) is 11.8 Å². The second-order valence-corrected chi connectivity index (χ2v) is 5.22. The van der Waals surface area contributed by atoms with Crippen LogP contribution < -0.4 is 0 Å². The number of hydrogen-bond acceptors (Lipinski definition) is 3. The Bertz CT molecular complexity index is 666. The number of benzene rings is 1. The van der Waals surface area contributed by atoms with E-state index in [2.05, 4.69) is 16.8 Å². The van der Waals surface area contributed by atoms with Gasteiger partial charge in [-0.25, -0.2) is 9.37 Å². The van der Waals surface area contributed by atoms with Crippen LogP contribution in [-0.2, 0) is 5.75 Å². The molecular weight excluding hydrogens is 297 g/mol. The minimum atomic E-state index is -0.393.